The van der Waals surface area contributed by atoms with Crippen LogP contribution in [0.15, 0.2) is 72.4 Å². The maximum absolute atomic E-state index is 12.9. The van der Waals surface area contributed by atoms with Crippen molar-refractivity contribution < 1.29 is 4.79 Å². The van der Waals surface area contributed by atoms with E-state index in [1.54, 1.807) is 17.5 Å². The maximum atomic E-state index is 12.9. The number of nitrogens with one attached hydrogen (secondary N) is 1. The Bertz CT molecular complexity index is 1330. The van der Waals surface area contributed by atoms with Crippen molar-refractivity contribution >= 4 is 22.9 Å². The molecule has 0 atom stereocenters. The predicted octanol–water partition coefficient (Wildman–Crippen LogP) is 5.15. The van der Waals surface area contributed by atoms with Crippen molar-refractivity contribution in [3.8, 4) is 11.3 Å². The summed E-state index contributed by atoms with van der Waals surface area (Å²) in [7, 11) is 2.18. The van der Waals surface area contributed by atoms with E-state index >= 15 is 0 Å². The summed E-state index contributed by atoms with van der Waals surface area (Å²) in [6.45, 7) is 7.69. The van der Waals surface area contributed by atoms with E-state index in [-0.39, 0.29) is 5.91 Å². The third-order valence-electron chi connectivity index (χ3n) is 6.99. The highest BCUT2D eigenvalue weighted by atomic mass is 32.1. The minimum absolute atomic E-state index is 0.0893. The Morgan fingerprint density at radius 3 is 2.62 bits per heavy atom. The lowest BCUT2D eigenvalue weighted by Crippen LogP contribution is -2.45. The number of rotatable bonds is 8. The lowest BCUT2D eigenvalue weighted by molar-refractivity contribution is 0.102. The van der Waals surface area contributed by atoms with Gasteiger partial charge in [-0.15, -0.1) is 11.3 Å². The second-order valence-corrected chi connectivity index (χ2v) is 10.7. The number of amides is 1. The molecule has 1 amide bonds. The standard InChI is InChI=1S/C30H33N5OS/c1-22-5-10-27(18-26(22)19-29-33-28(21-37-29)25-4-3-12-31-20-25)32-30(36)24-8-6-23(7-9-24)11-13-35-16-14-34(2)15-17-35/h3-10,12,18,20-21H,11,13-17,19H2,1-2H3,(H,32,36). The van der Waals surface area contributed by atoms with Gasteiger partial charge in [0.2, 0.25) is 0 Å². The molecule has 0 spiro atoms. The lowest BCUT2D eigenvalue weighted by Gasteiger charge is -2.32. The Hall–Kier alpha value is -3.39. The number of hydrogen-bond acceptors (Lipinski definition) is 6. The number of pyridine rings is 1. The van der Waals surface area contributed by atoms with Gasteiger partial charge in [0.1, 0.15) is 0 Å². The zero-order valence-electron chi connectivity index (χ0n) is 21.5. The highest BCUT2D eigenvalue weighted by Gasteiger charge is 2.14. The third kappa shape index (κ3) is 6.68. The summed E-state index contributed by atoms with van der Waals surface area (Å²) >= 11 is 1.65. The molecule has 2 aromatic heterocycles. The minimum atomic E-state index is -0.0893. The first-order valence-electron chi connectivity index (χ1n) is 12.8. The normalized spacial score (nSPS) is 14.5. The average molecular weight is 512 g/mol. The van der Waals surface area contributed by atoms with Crippen LogP contribution in [0.3, 0.4) is 0 Å². The number of aryl methyl sites for hydroxylation is 1. The summed E-state index contributed by atoms with van der Waals surface area (Å²) in [5.41, 5.74) is 7.04. The molecule has 1 saturated heterocycles. The molecule has 37 heavy (non-hydrogen) atoms. The van der Waals surface area contributed by atoms with Crippen LogP contribution in [0.25, 0.3) is 11.3 Å². The van der Waals surface area contributed by atoms with Gasteiger partial charge in [-0.2, -0.15) is 0 Å². The van der Waals surface area contributed by atoms with E-state index in [0.29, 0.717) is 5.56 Å². The maximum Gasteiger partial charge on any atom is 0.255 e. The zero-order chi connectivity index (χ0) is 25.6. The summed E-state index contributed by atoms with van der Waals surface area (Å²) in [5, 5.41) is 6.18. The molecule has 5 rings (SSSR count). The van der Waals surface area contributed by atoms with E-state index in [1.807, 2.05) is 36.5 Å². The SMILES string of the molecule is Cc1ccc(NC(=O)c2ccc(CCN3CCN(C)CC3)cc2)cc1Cc1nc(-c2cccnc2)cs1. The van der Waals surface area contributed by atoms with Crippen molar-refractivity contribution in [3.05, 3.63) is 99.6 Å². The molecule has 3 heterocycles. The Balaban J connectivity index is 1.18. The molecular formula is C30H33N5OS. The molecule has 2 aromatic carbocycles. The molecule has 1 N–H and O–H groups in total. The summed E-state index contributed by atoms with van der Waals surface area (Å²) in [6.07, 6.45) is 5.33. The van der Waals surface area contributed by atoms with Crippen molar-refractivity contribution in [1.82, 2.24) is 19.8 Å². The van der Waals surface area contributed by atoms with Gasteiger partial charge in [0.25, 0.3) is 5.91 Å². The van der Waals surface area contributed by atoms with Crippen LogP contribution >= 0.6 is 11.3 Å². The summed E-state index contributed by atoms with van der Waals surface area (Å²) in [5.74, 6) is -0.0893. The number of carbonyl (C=O) groups excluding carboxylic acids is 1. The van der Waals surface area contributed by atoms with Gasteiger partial charge in [0.05, 0.1) is 10.7 Å². The molecule has 0 aliphatic carbocycles. The molecule has 4 aromatic rings. The summed E-state index contributed by atoms with van der Waals surface area (Å²) in [6, 6.07) is 18.0. The largest absolute Gasteiger partial charge is 0.322 e. The number of hydrogen-bond donors (Lipinski definition) is 1. The molecule has 1 fully saturated rings. The zero-order valence-corrected chi connectivity index (χ0v) is 22.3. The number of anilines is 1. The van der Waals surface area contributed by atoms with Crippen LogP contribution in [0.5, 0.6) is 0 Å². The number of thiazole rings is 1. The first kappa shape index (κ1) is 25.3. The minimum Gasteiger partial charge on any atom is -0.322 e. The second kappa shape index (κ2) is 11.8. The van der Waals surface area contributed by atoms with Crippen LogP contribution in [0.2, 0.25) is 0 Å². The van der Waals surface area contributed by atoms with Gasteiger partial charge >= 0.3 is 0 Å². The van der Waals surface area contributed by atoms with E-state index in [0.717, 1.165) is 73.1 Å². The number of likely N-dealkylation sites (N-methyl/N-ethyl adjacent to an activating group) is 1. The van der Waals surface area contributed by atoms with E-state index in [2.05, 4.69) is 63.7 Å². The van der Waals surface area contributed by atoms with Gasteiger partial charge in [0.15, 0.2) is 0 Å². The van der Waals surface area contributed by atoms with E-state index in [1.165, 1.54) is 11.1 Å². The fourth-order valence-electron chi connectivity index (χ4n) is 4.53. The fourth-order valence-corrected chi connectivity index (χ4v) is 5.35. The van der Waals surface area contributed by atoms with Crippen molar-refractivity contribution in [2.75, 3.05) is 45.1 Å². The Morgan fingerprint density at radius 2 is 1.86 bits per heavy atom. The van der Waals surface area contributed by atoms with Crippen molar-refractivity contribution in [3.63, 3.8) is 0 Å². The summed E-state index contributed by atoms with van der Waals surface area (Å²) in [4.78, 5) is 26.8. The molecule has 0 bridgehead atoms. The van der Waals surface area contributed by atoms with Crippen LogP contribution in [-0.2, 0) is 12.8 Å². The number of nitrogens with zero attached hydrogens (tertiary/aromatic N) is 4. The van der Waals surface area contributed by atoms with Crippen LogP contribution in [0.4, 0.5) is 5.69 Å². The average Bonchev–Trinajstić information content (AvgIpc) is 3.40. The fraction of sp³-hybridized carbons (Fsp3) is 0.300. The van der Waals surface area contributed by atoms with Crippen LogP contribution in [0, 0.1) is 6.92 Å². The van der Waals surface area contributed by atoms with E-state index in [4.69, 9.17) is 4.98 Å². The molecule has 1 aliphatic rings. The van der Waals surface area contributed by atoms with Gasteiger partial charge in [-0.3, -0.25) is 9.78 Å². The van der Waals surface area contributed by atoms with Gasteiger partial charge in [-0.1, -0.05) is 18.2 Å². The Morgan fingerprint density at radius 1 is 1.05 bits per heavy atom. The smallest absolute Gasteiger partial charge is 0.255 e. The lowest BCUT2D eigenvalue weighted by atomic mass is 10.0. The highest BCUT2D eigenvalue weighted by Crippen LogP contribution is 2.25. The van der Waals surface area contributed by atoms with Crippen LogP contribution in [-0.4, -0.2) is 65.4 Å². The van der Waals surface area contributed by atoms with Crippen molar-refractivity contribution in [2.45, 2.75) is 19.8 Å². The van der Waals surface area contributed by atoms with Crippen molar-refractivity contribution in [1.29, 1.82) is 0 Å². The Kier molecular flexibility index (Phi) is 8.04. The van der Waals surface area contributed by atoms with E-state index < -0.39 is 0 Å². The number of aromatic nitrogens is 2. The molecule has 0 unspecified atom stereocenters. The van der Waals surface area contributed by atoms with Gasteiger partial charge in [-0.25, -0.2) is 4.98 Å². The topological polar surface area (TPSA) is 61.4 Å². The van der Waals surface area contributed by atoms with E-state index in [9.17, 15) is 4.79 Å². The molecule has 6 nitrogen and oxygen atoms in total. The van der Waals surface area contributed by atoms with Crippen LogP contribution < -0.4 is 5.32 Å². The summed E-state index contributed by atoms with van der Waals surface area (Å²) < 4.78 is 0. The highest BCUT2D eigenvalue weighted by molar-refractivity contribution is 7.10. The first-order chi connectivity index (χ1) is 18.0. The van der Waals surface area contributed by atoms with Crippen LogP contribution in [0.1, 0.15) is 32.1 Å². The van der Waals surface area contributed by atoms with Gasteiger partial charge in [0, 0.05) is 73.7 Å². The molecule has 190 valence electrons. The molecule has 0 saturated carbocycles. The quantitative estimate of drug-likeness (QED) is 0.355. The van der Waals surface area contributed by atoms with Crippen molar-refractivity contribution in [2.24, 2.45) is 0 Å². The molecule has 1 aliphatic heterocycles. The molecule has 0 radical (unpaired) electrons. The monoisotopic (exact) mass is 511 g/mol. The second-order valence-electron chi connectivity index (χ2n) is 9.73. The predicted molar refractivity (Wildman–Crippen MR) is 151 cm³/mol. The number of piperazine rings is 1. The molecule has 7 heteroatoms. The van der Waals surface area contributed by atoms with Gasteiger partial charge < -0.3 is 15.1 Å². The third-order valence-corrected chi connectivity index (χ3v) is 7.84. The number of carbonyl (C=O) groups is 1. The van der Waals surface area contributed by atoms with Gasteiger partial charge in [-0.05, 0) is 73.5 Å². The number of benzene rings is 2. The Labute approximate surface area is 223 Å². The molecular weight excluding hydrogens is 478 g/mol. The first-order valence-corrected chi connectivity index (χ1v) is 13.7.